The first kappa shape index (κ1) is 11.7. The highest BCUT2D eigenvalue weighted by Crippen LogP contribution is 2.20. The van der Waals surface area contributed by atoms with E-state index < -0.39 is 0 Å². The second kappa shape index (κ2) is 5.38. The van der Waals surface area contributed by atoms with Gasteiger partial charge in [-0.05, 0) is 19.7 Å². The predicted octanol–water partition coefficient (Wildman–Crippen LogP) is 1.93. The minimum Gasteiger partial charge on any atom is -0.306 e. The highest BCUT2D eigenvalue weighted by Gasteiger charge is 2.27. The number of nitrogens with one attached hydrogen (secondary N) is 1. The Bertz CT molecular complexity index is 171. The summed E-state index contributed by atoms with van der Waals surface area (Å²) in [7, 11) is 3.75. The van der Waals surface area contributed by atoms with Crippen LogP contribution >= 0.6 is 11.8 Å². The molecule has 0 bridgehead atoms. The largest absolute Gasteiger partial charge is 0.306 e. The molecule has 0 saturated heterocycles. The van der Waals surface area contributed by atoms with Gasteiger partial charge in [0.25, 0.3) is 0 Å². The lowest BCUT2D eigenvalue weighted by atomic mass is 9.98. The van der Waals surface area contributed by atoms with Crippen LogP contribution in [-0.2, 0) is 0 Å². The minimum absolute atomic E-state index is 0.131. The van der Waals surface area contributed by atoms with E-state index in [1.54, 1.807) is 11.8 Å². The predicted molar refractivity (Wildman–Crippen MR) is 59.2 cm³/mol. The van der Waals surface area contributed by atoms with Gasteiger partial charge in [0.15, 0.2) is 0 Å². The molecule has 0 radical (unpaired) electrons. The van der Waals surface area contributed by atoms with Gasteiger partial charge in [0.1, 0.15) is 0 Å². The van der Waals surface area contributed by atoms with Crippen molar-refractivity contribution in [3.8, 4) is 0 Å². The van der Waals surface area contributed by atoms with Gasteiger partial charge in [-0.1, -0.05) is 13.0 Å². The molecule has 0 saturated carbocycles. The molecule has 0 aliphatic carbocycles. The van der Waals surface area contributed by atoms with Crippen molar-refractivity contribution >= 4 is 16.8 Å². The fourth-order valence-electron chi connectivity index (χ4n) is 1.24. The molecule has 0 aromatic carbocycles. The smallest absolute Gasteiger partial charge is 0.0910 e. The maximum Gasteiger partial charge on any atom is 0.0910 e. The molecule has 1 N–H and O–H groups in total. The molecule has 0 heterocycles. The Morgan fingerprint density at radius 2 is 2.33 bits per heavy atom. The van der Waals surface area contributed by atoms with Crippen molar-refractivity contribution in [3.63, 3.8) is 0 Å². The first-order chi connectivity index (χ1) is 5.70. The van der Waals surface area contributed by atoms with Crippen LogP contribution in [0.25, 0.3) is 0 Å². The van der Waals surface area contributed by atoms with Crippen molar-refractivity contribution in [1.29, 1.82) is 0 Å². The molecular weight excluding hydrogens is 168 g/mol. The van der Waals surface area contributed by atoms with E-state index in [-0.39, 0.29) is 5.54 Å². The molecule has 0 aliphatic heterocycles. The Labute approximate surface area is 79.5 Å². The Balaban J connectivity index is 4.80. The van der Waals surface area contributed by atoms with Gasteiger partial charge in [-0.2, -0.15) is 0 Å². The van der Waals surface area contributed by atoms with Crippen molar-refractivity contribution < 1.29 is 0 Å². The lowest BCUT2D eigenvalue weighted by Crippen LogP contribution is -2.46. The second-order valence-corrected chi connectivity index (χ2v) is 3.31. The third-order valence-electron chi connectivity index (χ3n) is 2.13. The summed E-state index contributed by atoms with van der Waals surface area (Å²) in [5.74, 6) is 0. The fraction of sp³-hybridized carbons (Fsp3) is 0.667. The summed E-state index contributed by atoms with van der Waals surface area (Å²) in [5, 5.41) is 4.33. The summed E-state index contributed by atoms with van der Waals surface area (Å²) in [6.07, 6.45) is 4.93. The molecule has 0 amide bonds. The average Bonchev–Trinajstić information content (AvgIpc) is 2.14. The third kappa shape index (κ3) is 2.11. The average molecular weight is 186 g/mol. The summed E-state index contributed by atoms with van der Waals surface area (Å²) >= 11 is 1.67. The van der Waals surface area contributed by atoms with Crippen molar-refractivity contribution in [2.75, 3.05) is 20.4 Å². The van der Waals surface area contributed by atoms with Crippen molar-refractivity contribution in [2.45, 2.75) is 18.9 Å². The van der Waals surface area contributed by atoms with E-state index in [9.17, 15) is 0 Å². The Morgan fingerprint density at radius 1 is 1.75 bits per heavy atom. The van der Waals surface area contributed by atoms with E-state index in [1.165, 1.54) is 0 Å². The zero-order chi connectivity index (χ0) is 9.61. The van der Waals surface area contributed by atoms with Crippen LogP contribution in [-0.4, -0.2) is 30.9 Å². The molecule has 0 aromatic heterocycles. The maximum atomic E-state index is 4.24. The van der Waals surface area contributed by atoms with Crippen LogP contribution in [0.5, 0.6) is 0 Å². The van der Waals surface area contributed by atoms with Crippen LogP contribution < -0.4 is 5.32 Å². The fourth-order valence-corrected chi connectivity index (χ4v) is 2.12. The van der Waals surface area contributed by atoms with Crippen LogP contribution in [0.15, 0.2) is 17.6 Å². The van der Waals surface area contributed by atoms with Crippen molar-refractivity contribution in [2.24, 2.45) is 4.99 Å². The van der Waals surface area contributed by atoms with E-state index >= 15 is 0 Å². The number of hydrogen-bond acceptors (Lipinski definition) is 3. The molecule has 1 unspecified atom stereocenters. The van der Waals surface area contributed by atoms with Gasteiger partial charge in [-0.25, -0.2) is 0 Å². The summed E-state index contributed by atoms with van der Waals surface area (Å²) in [6.45, 7) is 5.96. The standard InChI is InChI=1S/C9H18N2S/c1-6-9(7-2,11-4)8(10-3)12-5/h6,11H,1,7H2,2-5H3. The van der Waals surface area contributed by atoms with Crippen LogP contribution in [0, 0.1) is 0 Å². The molecular formula is C9H18N2S. The Hall–Kier alpha value is -0.280. The second-order valence-electron chi connectivity index (χ2n) is 2.51. The molecule has 0 aromatic rings. The Morgan fingerprint density at radius 3 is 2.42 bits per heavy atom. The van der Waals surface area contributed by atoms with Crippen molar-refractivity contribution in [1.82, 2.24) is 5.32 Å². The SMILES string of the molecule is C=CC(CC)(NC)C(=NC)SC. The van der Waals surface area contributed by atoms with E-state index in [0.29, 0.717) is 0 Å². The van der Waals surface area contributed by atoms with Gasteiger partial charge in [0, 0.05) is 7.05 Å². The van der Waals surface area contributed by atoms with E-state index in [4.69, 9.17) is 0 Å². The van der Waals surface area contributed by atoms with Gasteiger partial charge in [0.2, 0.25) is 0 Å². The van der Waals surface area contributed by atoms with Gasteiger partial charge in [-0.15, -0.1) is 18.3 Å². The van der Waals surface area contributed by atoms with Crippen LogP contribution in [0.3, 0.4) is 0 Å². The van der Waals surface area contributed by atoms with Crippen LogP contribution in [0.4, 0.5) is 0 Å². The highest BCUT2D eigenvalue weighted by molar-refractivity contribution is 8.13. The molecule has 12 heavy (non-hydrogen) atoms. The molecule has 1 atom stereocenters. The first-order valence-electron chi connectivity index (χ1n) is 4.04. The lowest BCUT2D eigenvalue weighted by Gasteiger charge is -2.29. The highest BCUT2D eigenvalue weighted by atomic mass is 32.2. The number of thioether (sulfide) groups is 1. The quantitative estimate of drug-likeness (QED) is 0.412. The van der Waals surface area contributed by atoms with Gasteiger partial charge >= 0.3 is 0 Å². The van der Waals surface area contributed by atoms with Gasteiger partial charge in [0.05, 0.1) is 10.6 Å². The number of hydrogen-bond donors (Lipinski definition) is 1. The van der Waals surface area contributed by atoms with E-state index in [2.05, 4.69) is 23.8 Å². The van der Waals surface area contributed by atoms with Crippen LogP contribution in [0.1, 0.15) is 13.3 Å². The number of aliphatic imine (C=N–C) groups is 1. The van der Waals surface area contributed by atoms with Crippen LogP contribution in [0.2, 0.25) is 0 Å². The molecule has 3 heteroatoms. The maximum absolute atomic E-state index is 4.24. The summed E-state index contributed by atoms with van der Waals surface area (Å²) < 4.78 is 0. The number of likely N-dealkylation sites (N-methyl/N-ethyl adjacent to an activating group) is 1. The topological polar surface area (TPSA) is 24.4 Å². The molecule has 0 aliphatic rings. The van der Waals surface area contributed by atoms with Gasteiger partial charge < -0.3 is 5.32 Å². The van der Waals surface area contributed by atoms with Crippen molar-refractivity contribution in [3.05, 3.63) is 12.7 Å². The molecule has 0 fully saturated rings. The third-order valence-corrected chi connectivity index (χ3v) is 3.06. The van der Waals surface area contributed by atoms with Gasteiger partial charge in [-0.3, -0.25) is 4.99 Å². The summed E-state index contributed by atoms with van der Waals surface area (Å²) in [5.41, 5.74) is -0.131. The minimum atomic E-state index is -0.131. The normalized spacial score (nSPS) is 17.2. The molecule has 70 valence electrons. The summed E-state index contributed by atoms with van der Waals surface area (Å²) in [6, 6.07) is 0. The first-order valence-corrected chi connectivity index (χ1v) is 5.27. The monoisotopic (exact) mass is 186 g/mol. The lowest BCUT2D eigenvalue weighted by molar-refractivity contribution is 0.559. The Kier molecular flexibility index (Phi) is 5.25. The summed E-state index contributed by atoms with van der Waals surface area (Å²) in [4.78, 5) is 4.24. The zero-order valence-corrected chi connectivity index (χ0v) is 9.16. The van der Waals surface area contributed by atoms with E-state index in [0.717, 1.165) is 11.5 Å². The number of nitrogens with zero attached hydrogens (tertiary/aromatic N) is 1. The molecule has 0 rings (SSSR count). The number of rotatable bonds is 4. The molecule has 2 nitrogen and oxygen atoms in total. The molecule has 0 spiro atoms. The zero-order valence-electron chi connectivity index (χ0n) is 8.35. The van der Waals surface area contributed by atoms with E-state index in [1.807, 2.05) is 26.4 Å².